The average molecular weight is 369 g/mol. The van der Waals surface area contributed by atoms with Gasteiger partial charge in [0.05, 0.1) is 28.2 Å². The van der Waals surface area contributed by atoms with Gasteiger partial charge in [-0.05, 0) is 45.0 Å². The topological polar surface area (TPSA) is 73.2 Å². The molecule has 1 heterocycles. The highest BCUT2D eigenvalue weighted by Crippen LogP contribution is 2.29. The molecule has 2 aromatic rings. The number of esters is 1. The number of amides is 1. The molecule has 1 N–H and O–H groups in total. The van der Waals surface area contributed by atoms with Crippen molar-refractivity contribution in [3.63, 3.8) is 0 Å². The Bertz CT molecular complexity index is 826. The molecule has 2 rings (SSSR count). The molecule has 0 aliphatic rings. The zero-order valence-corrected chi connectivity index (χ0v) is 14.6. The number of aryl methyl sites for hydroxylation is 2. The molecule has 0 unspecified atom stereocenters. The molecule has 9 heteroatoms. The van der Waals surface area contributed by atoms with Crippen molar-refractivity contribution < 1.29 is 27.5 Å². The molecule has 0 saturated carbocycles. The summed E-state index contributed by atoms with van der Waals surface area (Å²) in [5, 5.41) is 6.80. The van der Waals surface area contributed by atoms with Crippen LogP contribution < -0.4 is 5.32 Å². The van der Waals surface area contributed by atoms with E-state index in [0.717, 1.165) is 30.0 Å². The number of benzene rings is 1. The molecule has 26 heavy (non-hydrogen) atoms. The van der Waals surface area contributed by atoms with Gasteiger partial charge in [-0.3, -0.25) is 9.48 Å². The Balaban J connectivity index is 2.03. The molecular weight excluding hydrogens is 351 g/mol. The summed E-state index contributed by atoms with van der Waals surface area (Å²) < 4.78 is 44.2. The monoisotopic (exact) mass is 369 g/mol. The Kier molecular flexibility index (Phi) is 5.38. The molecule has 6 nitrogen and oxygen atoms in total. The lowest BCUT2D eigenvalue weighted by molar-refractivity contribution is -0.137. The largest absolute Gasteiger partial charge is 0.449 e. The lowest BCUT2D eigenvalue weighted by atomic mass is 10.1. The molecular formula is C17H18F3N3O3. The summed E-state index contributed by atoms with van der Waals surface area (Å²) in [5.41, 5.74) is 0.917. The normalized spacial score (nSPS) is 12.6. The van der Waals surface area contributed by atoms with Crippen molar-refractivity contribution >= 4 is 17.6 Å². The number of anilines is 1. The third-order valence-electron chi connectivity index (χ3n) is 3.86. The number of halogens is 3. The predicted molar refractivity (Wildman–Crippen MR) is 87.6 cm³/mol. The molecule has 1 aromatic carbocycles. The van der Waals surface area contributed by atoms with Crippen molar-refractivity contribution in [2.45, 2.75) is 33.1 Å². The fourth-order valence-electron chi connectivity index (χ4n) is 2.26. The molecule has 1 amide bonds. The molecule has 1 aromatic heterocycles. The van der Waals surface area contributed by atoms with Crippen molar-refractivity contribution in [2.24, 2.45) is 7.05 Å². The Hall–Kier alpha value is -2.84. The van der Waals surface area contributed by atoms with Crippen LogP contribution in [-0.4, -0.2) is 27.8 Å². The van der Waals surface area contributed by atoms with E-state index in [0.29, 0.717) is 11.4 Å². The minimum atomic E-state index is -4.49. The zero-order valence-electron chi connectivity index (χ0n) is 14.6. The lowest BCUT2D eigenvalue weighted by Gasteiger charge is -2.14. The molecule has 0 radical (unpaired) electrons. The first-order chi connectivity index (χ1) is 12.0. The highest BCUT2D eigenvalue weighted by molar-refractivity contribution is 5.98. The van der Waals surface area contributed by atoms with Gasteiger partial charge in [-0.1, -0.05) is 0 Å². The number of alkyl halides is 3. The van der Waals surface area contributed by atoms with Crippen LogP contribution in [0.5, 0.6) is 0 Å². The Morgan fingerprint density at radius 1 is 1.19 bits per heavy atom. The van der Waals surface area contributed by atoms with Crippen LogP contribution in [0.2, 0.25) is 0 Å². The van der Waals surface area contributed by atoms with E-state index in [1.807, 2.05) is 0 Å². The van der Waals surface area contributed by atoms with E-state index < -0.39 is 29.7 Å². The first kappa shape index (κ1) is 19.5. The molecule has 0 aliphatic carbocycles. The van der Waals surface area contributed by atoms with Gasteiger partial charge in [0, 0.05) is 7.05 Å². The summed E-state index contributed by atoms with van der Waals surface area (Å²) in [6.45, 7) is 4.87. The summed E-state index contributed by atoms with van der Waals surface area (Å²) in [6.07, 6.45) is -5.63. The van der Waals surface area contributed by atoms with Gasteiger partial charge >= 0.3 is 12.1 Å². The summed E-state index contributed by atoms with van der Waals surface area (Å²) in [7, 11) is 1.73. The van der Waals surface area contributed by atoms with Crippen LogP contribution >= 0.6 is 0 Å². The Labute approximate surface area is 147 Å². The standard InChI is InChI=1S/C17H18F3N3O3/c1-9-14(10(2)23(4)22-9)21-15(24)11(3)26-16(25)12-5-7-13(8-6-12)17(18,19)20/h5-8,11H,1-4H3,(H,21,24)/t11-/m0/s1. The van der Waals surface area contributed by atoms with Crippen LogP contribution in [0.15, 0.2) is 24.3 Å². The fourth-order valence-corrected chi connectivity index (χ4v) is 2.26. The van der Waals surface area contributed by atoms with Crippen LogP contribution in [0.25, 0.3) is 0 Å². The Morgan fingerprint density at radius 3 is 2.23 bits per heavy atom. The molecule has 0 aliphatic heterocycles. The zero-order chi connectivity index (χ0) is 19.6. The van der Waals surface area contributed by atoms with E-state index in [9.17, 15) is 22.8 Å². The number of ether oxygens (including phenoxy) is 1. The fraction of sp³-hybridized carbons (Fsp3) is 0.353. The average Bonchev–Trinajstić information content (AvgIpc) is 2.80. The summed E-state index contributed by atoms with van der Waals surface area (Å²) in [4.78, 5) is 24.2. The maximum atomic E-state index is 12.5. The third kappa shape index (κ3) is 4.22. The second kappa shape index (κ2) is 7.19. The van der Waals surface area contributed by atoms with Crippen LogP contribution in [0.3, 0.4) is 0 Å². The number of hydrogen-bond donors (Lipinski definition) is 1. The van der Waals surface area contributed by atoms with Gasteiger partial charge in [-0.15, -0.1) is 0 Å². The summed E-state index contributed by atoms with van der Waals surface area (Å²) in [5.74, 6) is -1.45. The number of carbonyl (C=O) groups is 2. The quantitative estimate of drug-likeness (QED) is 0.840. The Morgan fingerprint density at radius 2 is 1.77 bits per heavy atom. The van der Waals surface area contributed by atoms with Crippen molar-refractivity contribution in [1.82, 2.24) is 9.78 Å². The highest BCUT2D eigenvalue weighted by Gasteiger charge is 2.30. The van der Waals surface area contributed by atoms with Crippen molar-refractivity contribution in [3.05, 3.63) is 46.8 Å². The number of carbonyl (C=O) groups excluding carboxylic acids is 2. The number of aromatic nitrogens is 2. The number of nitrogens with one attached hydrogen (secondary N) is 1. The maximum absolute atomic E-state index is 12.5. The minimum Gasteiger partial charge on any atom is -0.449 e. The number of hydrogen-bond acceptors (Lipinski definition) is 4. The molecule has 140 valence electrons. The molecule has 0 fully saturated rings. The van der Waals surface area contributed by atoms with E-state index in [2.05, 4.69) is 10.4 Å². The van der Waals surface area contributed by atoms with E-state index in [1.165, 1.54) is 6.92 Å². The predicted octanol–water partition coefficient (Wildman–Crippen LogP) is 3.24. The SMILES string of the molecule is Cc1nn(C)c(C)c1NC(=O)[C@H](C)OC(=O)c1ccc(C(F)(F)F)cc1. The first-order valence-corrected chi connectivity index (χ1v) is 7.70. The third-order valence-corrected chi connectivity index (χ3v) is 3.86. The van der Waals surface area contributed by atoms with E-state index in [4.69, 9.17) is 4.74 Å². The van der Waals surface area contributed by atoms with Gasteiger partial charge in [0.15, 0.2) is 6.10 Å². The van der Waals surface area contributed by atoms with Crippen LogP contribution in [-0.2, 0) is 22.8 Å². The van der Waals surface area contributed by atoms with Gasteiger partial charge in [0.2, 0.25) is 0 Å². The lowest BCUT2D eigenvalue weighted by Crippen LogP contribution is -2.30. The van der Waals surface area contributed by atoms with Gasteiger partial charge in [-0.2, -0.15) is 18.3 Å². The van der Waals surface area contributed by atoms with E-state index in [-0.39, 0.29) is 5.56 Å². The molecule has 0 saturated heterocycles. The number of nitrogens with zero attached hydrogens (tertiary/aromatic N) is 2. The van der Waals surface area contributed by atoms with Gasteiger partial charge < -0.3 is 10.1 Å². The van der Waals surface area contributed by atoms with Crippen LogP contribution in [0.1, 0.15) is 34.2 Å². The highest BCUT2D eigenvalue weighted by atomic mass is 19.4. The van der Waals surface area contributed by atoms with E-state index in [1.54, 1.807) is 25.6 Å². The summed E-state index contributed by atoms with van der Waals surface area (Å²) in [6, 6.07) is 3.57. The molecule has 1 atom stereocenters. The van der Waals surface area contributed by atoms with E-state index >= 15 is 0 Å². The first-order valence-electron chi connectivity index (χ1n) is 7.70. The second-order valence-corrected chi connectivity index (χ2v) is 5.78. The molecule has 0 spiro atoms. The van der Waals surface area contributed by atoms with Crippen LogP contribution in [0.4, 0.5) is 18.9 Å². The van der Waals surface area contributed by atoms with Gasteiger partial charge in [0.1, 0.15) is 0 Å². The van der Waals surface area contributed by atoms with Gasteiger partial charge in [0.25, 0.3) is 5.91 Å². The minimum absolute atomic E-state index is 0.0774. The molecule has 0 bridgehead atoms. The maximum Gasteiger partial charge on any atom is 0.416 e. The van der Waals surface area contributed by atoms with Crippen LogP contribution in [0, 0.1) is 13.8 Å². The smallest absolute Gasteiger partial charge is 0.416 e. The summed E-state index contributed by atoms with van der Waals surface area (Å²) >= 11 is 0. The van der Waals surface area contributed by atoms with Gasteiger partial charge in [-0.25, -0.2) is 4.79 Å². The second-order valence-electron chi connectivity index (χ2n) is 5.78. The van der Waals surface area contributed by atoms with Crippen molar-refractivity contribution in [1.29, 1.82) is 0 Å². The number of rotatable bonds is 4. The van der Waals surface area contributed by atoms with Crippen molar-refractivity contribution in [3.8, 4) is 0 Å². The van der Waals surface area contributed by atoms with Crippen molar-refractivity contribution in [2.75, 3.05) is 5.32 Å².